The van der Waals surface area contributed by atoms with E-state index < -0.39 is 0 Å². The van der Waals surface area contributed by atoms with Crippen LogP contribution in [0.15, 0.2) is 0 Å². The van der Waals surface area contributed by atoms with Gasteiger partial charge >= 0.3 is 0 Å². The minimum absolute atomic E-state index is 0. The summed E-state index contributed by atoms with van der Waals surface area (Å²) in [6, 6.07) is 0.652. The average molecular weight is 289 g/mol. The van der Waals surface area contributed by atoms with E-state index in [9.17, 15) is 4.79 Å². The fraction of sp³-hybridized carbons (Fsp3) is 0.933. The molecule has 1 N–H and O–H groups in total. The minimum atomic E-state index is 0. The molecule has 4 heteroatoms. The largest absolute Gasteiger partial charge is 0.338 e. The molecule has 2 aliphatic rings. The zero-order chi connectivity index (χ0) is 12.8. The molecule has 1 aliphatic heterocycles. The Morgan fingerprint density at radius 2 is 1.79 bits per heavy atom. The van der Waals surface area contributed by atoms with Gasteiger partial charge in [-0.25, -0.2) is 0 Å². The maximum absolute atomic E-state index is 12.5. The summed E-state index contributed by atoms with van der Waals surface area (Å²) < 4.78 is 0. The predicted octanol–water partition coefficient (Wildman–Crippen LogP) is 3.12. The van der Waals surface area contributed by atoms with Gasteiger partial charge in [-0.1, -0.05) is 39.0 Å². The topological polar surface area (TPSA) is 32.3 Å². The maximum atomic E-state index is 12.5. The van der Waals surface area contributed by atoms with Crippen LogP contribution in [0.5, 0.6) is 0 Å². The molecule has 0 radical (unpaired) electrons. The maximum Gasteiger partial charge on any atom is 0.240 e. The second kappa shape index (κ2) is 8.80. The van der Waals surface area contributed by atoms with Gasteiger partial charge in [-0.3, -0.25) is 4.79 Å². The fourth-order valence-corrected chi connectivity index (χ4v) is 3.07. The van der Waals surface area contributed by atoms with Gasteiger partial charge in [0.2, 0.25) is 5.91 Å². The molecule has 19 heavy (non-hydrogen) atoms. The molecule has 1 unspecified atom stereocenters. The number of nitrogens with zero attached hydrogens (tertiary/aromatic N) is 1. The molecule has 2 fully saturated rings. The van der Waals surface area contributed by atoms with Crippen molar-refractivity contribution in [3.05, 3.63) is 0 Å². The van der Waals surface area contributed by atoms with Crippen LogP contribution in [0.1, 0.15) is 64.7 Å². The summed E-state index contributed by atoms with van der Waals surface area (Å²) in [6.45, 7) is 4.19. The smallest absolute Gasteiger partial charge is 0.240 e. The first kappa shape index (κ1) is 16.8. The third-order valence-corrected chi connectivity index (χ3v) is 4.42. The Balaban J connectivity index is 0.00000180. The molecule has 1 heterocycles. The third-order valence-electron chi connectivity index (χ3n) is 4.42. The highest BCUT2D eigenvalue weighted by Crippen LogP contribution is 2.24. The van der Waals surface area contributed by atoms with Gasteiger partial charge in [0, 0.05) is 12.6 Å². The zero-order valence-electron chi connectivity index (χ0n) is 12.2. The SMILES string of the molecule is CCCCN(C(=O)C1CCN1)C1CCCCCC1.Cl. The van der Waals surface area contributed by atoms with Crippen LogP contribution in [0, 0.1) is 0 Å². The van der Waals surface area contributed by atoms with Crippen LogP contribution in [0.4, 0.5) is 0 Å². The Kier molecular flexibility index (Phi) is 7.77. The number of unbranched alkanes of at least 4 members (excludes halogenated alkanes) is 1. The van der Waals surface area contributed by atoms with Crippen molar-refractivity contribution in [3.63, 3.8) is 0 Å². The second-order valence-electron chi connectivity index (χ2n) is 5.83. The lowest BCUT2D eigenvalue weighted by atomic mass is 10.0. The number of halogens is 1. The van der Waals surface area contributed by atoms with Crippen molar-refractivity contribution in [1.82, 2.24) is 10.2 Å². The van der Waals surface area contributed by atoms with Gasteiger partial charge in [0.15, 0.2) is 0 Å². The summed E-state index contributed by atoms with van der Waals surface area (Å²) in [7, 11) is 0. The normalized spacial score (nSPS) is 23.9. The molecule has 2 rings (SSSR count). The van der Waals surface area contributed by atoms with E-state index in [1.54, 1.807) is 0 Å². The Labute approximate surface area is 123 Å². The van der Waals surface area contributed by atoms with E-state index in [0.29, 0.717) is 11.9 Å². The van der Waals surface area contributed by atoms with Crippen LogP contribution in [0.2, 0.25) is 0 Å². The first-order valence-corrected chi connectivity index (χ1v) is 7.86. The van der Waals surface area contributed by atoms with E-state index in [1.165, 1.54) is 44.9 Å². The van der Waals surface area contributed by atoms with Crippen LogP contribution in [-0.2, 0) is 4.79 Å². The van der Waals surface area contributed by atoms with Crippen molar-refractivity contribution in [3.8, 4) is 0 Å². The van der Waals surface area contributed by atoms with E-state index in [4.69, 9.17) is 0 Å². The molecule has 1 saturated heterocycles. The number of rotatable bonds is 5. The van der Waals surface area contributed by atoms with Crippen molar-refractivity contribution in [2.75, 3.05) is 13.1 Å². The van der Waals surface area contributed by atoms with E-state index in [2.05, 4.69) is 17.1 Å². The molecule has 3 nitrogen and oxygen atoms in total. The Bertz CT molecular complexity index is 261. The first-order valence-electron chi connectivity index (χ1n) is 7.86. The lowest BCUT2D eigenvalue weighted by Crippen LogP contribution is -2.56. The minimum Gasteiger partial charge on any atom is -0.338 e. The third kappa shape index (κ3) is 4.64. The number of amides is 1. The van der Waals surface area contributed by atoms with Crippen LogP contribution >= 0.6 is 12.4 Å². The van der Waals surface area contributed by atoms with Crippen molar-refractivity contribution >= 4 is 18.3 Å². The van der Waals surface area contributed by atoms with Gasteiger partial charge in [-0.2, -0.15) is 0 Å². The lowest BCUT2D eigenvalue weighted by molar-refractivity contribution is -0.138. The Morgan fingerprint density at radius 1 is 1.16 bits per heavy atom. The van der Waals surface area contributed by atoms with Crippen molar-refractivity contribution in [2.24, 2.45) is 0 Å². The van der Waals surface area contributed by atoms with Crippen LogP contribution in [0.25, 0.3) is 0 Å². The highest BCUT2D eigenvalue weighted by atomic mass is 35.5. The van der Waals surface area contributed by atoms with E-state index in [1.807, 2.05) is 0 Å². The van der Waals surface area contributed by atoms with Crippen LogP contribution in [0.3, 0.4) is 0 Å². The average Bonchev–Trinajstić information content (AvgIpc) is 2.56. The quantitative estimate of drug-likeness (QED) is 0.789. The Hall–Kier alpha value is -0.280. The standard InChI is InChI=1S/C15H28N2O.ClH/c1-2-3-12-17(15(18)14-10-11-16-14)13-8-6-4-5-7-9-13;/h13-14,16H,2-12H2,1H3;1H. The molecule has 1 amide bonds. The van der Waals surface area contributed by atoms with Crippen LogP contribution in [-0.4, -0.2) is 36.0 Å². The number of hydrogen-bond donors (Lipinski definition) is 1. The van der Waals surface area contributed by atoms with Crippen molar-refractivity contribution < 1.29 is 4.79 Å². The molecular weight excluding hydrogens is 260 g/mol. The number of carbonyl (C=O) groups excluding carboxylic acids is 1. The first-order chi connectivity index (χ1) is 8.83. The predicted molar refractivity (Wildman–Crippen MR) is 81.8 cm³/mol. The lowest BCUT2D eigenvalue weighted by Gasteiger charge is -2.37. The molecule has 0 spiro atoms. The van der Waals surface area contributed by atoms with Gasteiger partial charge in [0.1, 0.15) is 0 Å². The van der Waals surface area contributed by atoms with Gasteiger partial charge in [-0.15, -0.1) is 12.4 Å². The zero-order valence-corrected chi connectivity index (χ0v) is 13.0. The summed E-state index contributed by atoms with van der Waals surface area (Å²) in [5, 5.41) is 3.27. The van der Waals surface area contributed by atoms with Gasteiger partial charge in [-0.05, 0) is 32.2 Å². The fourth-order valence-electron chi connectivity index (χ4n) is 3.07. The number of hydrogen-bond acceptors (Lipinski definition) is 2. The van der Waals surface area contributed by atoms with Gasteiger partial charge in [0.25, 0.3) is 0 Å². The van der Waals surface area contributed by atoms with Gasteiger partial charge in [0.05, 0.1) is 6.04 Å². The molecule has 0 aromatic carbocycles. The van der Waals surface area contributed by atoms with Gasteiger partial charge < -0.3 is 10.2 Å². The molecule has 1 saturated carbocycles. The van der Waals surface area contributed by atoms with E-state index >= 15 is 0 Å². The second-order valence-corrected chi connectivity index (χ2v) is 5.83. The molecule has 112 valence electrons. The highest BCUT2D eigenvalue weighted by molar-refractivity contribution is 5.85. The summed E-state index contributed by atoms with van der Waals surface area (Å²) in [5.74, 6) is 0.376. The van der Waals surface area contributed by atoms with Crippen LogP contribution < -0.4 is 5.32 Å². The molecule has 0 aromatic rings. The molecular formula is C15H29ClN2O. The summed E-state index contributed by atoms with van der Waals surface area (Å²) in [5.41, 5.74) is 0. The molecule has 0 bridgehead atoms. The Morgan fingerprint density at radius 3 is 2.26 bits per heavy atom. The molecule has 1 aliphatic carbocycles. The summed E-state index contributed by atoms with van der Waals surface area (Å²) in [4.78, 5) is 14.7. The van der Waals surface area contributed by atoms with E-state index in [0.717, 1.165) is 25.9 Å². The monoisotopic (exact) mass is 288 g/mol. The van der Waals surface area contributed by atoms with Crippen molar-refractivity contribution in [2.45, 2.75) is 76.8 Å². The van der Waals surface area contributed by atoms with Crippen molar-refractivity contribution in [1.29, 1.82) is 0 Å². The highest BCUT2D eigenvalue weighted by Gasteiger charge is 2.32. The molecule has 0 aromatic heterocycles. The number of nitrogens with one attached hydrogen (secondary N) is 1. The molecule has 1 atom stereocenters. The van der Waals surface area contributed by atoms with E-state index in [-0.39, 0.29) is 18.4 Å². The number of carbonyl (C=O) groups is 1. The summed E-state index contributed by atoms with van der Waals surface area (Å²) >= 11 is 0. The summed E-state index contributed by atoms with van der Waals surface area (Å²) in [6.07, 6.45) is 11.1.